The van der Waals surface area contributed by atoms with Crippen LogP contribution in [0.2, 0.25) is 0 Å². The molecule has 1 amide bonds. The number of aromatic nitrogens is 3. The molecule has 0 unspecified atom stereocenters. The third-order valence-corrected chi connectivity index (χ3v) is 3.06. The van der Waals surface area contributed by atoms with Crippen molar-refractivity contribution >= 4 is 22.6 Å². The first-order valence-corrected chi connectivity index (χ1v) is 6.12. The largest absolute Gasteiger partial charge is 0.594 e. The number of nitrogen functional groups attached to an aromatic ring is 1. The Kier molecular flexibility index (Phi) is 2.87. The lowest BCUT2D eigenvalue weighted by Crippen LogP contribution is -2.33. The molecule has 0 fully saturated rings. The highest BCUT2D eigenvalue weighted by atomic mass is 16.5. The maximum atomic E-state index is 12.0. The number of nitrogens with two attached hydrogens (primary N) is 2. The Morgan fingerprint density at radius 1 is 1.14 bits per heavy atom. The maximum Gasteiger partial charge on any atom is 0.271 e. The summed E-state index contributed by atoms with van der Waals surface area (Å²) in [6.45, 7) is 0. The summed E-state index contributed by atoms with van der Waals surface area (Å²) < 4.78 is 0. The fraction of sp³-hybridized carbons (Fsp3) is 0. The van der Waals surface area contributed by atoms with E-state index in [0.29, 0.717) is 16.1 Å². The van der Waals surface area contributed by atoms with Crippen molar-refractivity contribution in [1.29, 1.82) is 0 Å². The SMILES string of the molecule is NC(=O)c1cccc2c1nc(-c1ccc(N)cc1)n[n+]2[O-]. The van der Waals surface area contributed by atoms with Gasteiger partial charge in [-0.3, -0.25) is 4.79 Å². The lowest BCUT2D eigenvalue weighted by molar-refractivity contribution is -0.642. The third kappa shape index (κ3) is 2.20. The second-order valence-corrected chi connectivity index (χ2v) is 4.47. The summed E-state index contributed by atoms with van der Waals surface area (Å²) in [7, 11) is 0. The van der Waals surface area contributed by atoms with E-state index in [1.807, 2.05) is 0 Å². The van der Waals surface area contributed by atoms with Crippen LogP contribution in [0.4, 0.5) is 5.69 Å². The Morgan fingerprint density at radius 3 is 2.52 bits per heavy atom. The van der Waals surface area contributed by atoms with Gasteiger partial charge in [-0.1, -0.05) is 6.07 Å². The molecule has 7 nitrogen and oxygen atoms in total. The number of hydrogen-bond acceptors (Lipinski definition) is 5. The number of benzene rings is 2. The number of anilines is 1. The molecule has 0 aliphatic carbocycles. The van der Waals surface area contributed by atoms with E-state index >= 15 is 0 Å². The zero-order valence-corrected chi connectivity index (χ0v) is 10.9. The number of para-hydroxylation sites is 1. The second-order valence-electron chi connectivity index (χ2n) is 4.47. The fourth-order valence-corrected chi connectivity index (χ4v) is 2.02. The Labute approximate surface area is 119 Å². The normalized spacial score (nSPS) is 10.7. The molecule has 0 atom stereocenters. The molecule has 1 aromatic heterocycles. The van der Waals surface area contributed by atoms with Gasteiger partial charge in [0, 0.05) is 22.4 Å². The summed E-state index contributed by atoms with van der Waals surface area (Å²) >= 11 is 0. The van der Waals surface area contributed by atoms with Crippen LogP contribution >= 0.6 is 0 Å². The molecule has 0 radical (unpaired) electrons. The van der Waals surface area contributed by atoms with Crippen molar-refractivity contribution in [3.63, 3.8) is 0 Å². The zero-order valence-electron chi connectivity index (χ0n) is 10.9. The van der Waals surface area contributed by atoms with Crippen LogP contribution in [0.25, 0.3) is 22.4 Å². The van der Waals surface area contributed by atoms with Crippen molar-refractivity contribution in [2.24, 2.45) is 5.73 Å². The number of nitrogens with zero attached hydrogens (tertiary/aromatic N) is 3. The molecule has 104 valence electrons. The van der Waals surface area contributed by atoms with Crippen LogP contribution in [-0.4, -0.2) is 16.0 Å². The van der Waals surface area contributed by atoms with E-state index in [2.05, 4.69) is 10.1 Å². The van der Waals surface area contributed by atoms with Gasteiger partial charge in [-0.2, -0.15) is 0 Å². The molecule has 3 aromatic rings. The highest BCUT2D eigenvalue weighted by Crippen LogP contribution is 2.19. The number of carbonyl (C=O) groups excluding carboxylic acids is 1. The van der Waals surface area contributed by atoms with Crippen molar-refractivity contribution in [2.75, 3.05) is 5.73 Å². The van der Waals surface area contributed by atoms with Gasteiger partial charge in [0.1, 0.15) is 0 Å². The summed E-state index contributed by atoms with van der Waals surface area (Å²) in [6.07, 6.45) is 0. The summed E-state index contributed by atoms with van der Waals surface area (Å²) in [4.78, 5) is 16.2. The average molecular weight is 281 g/mol. The predicted octanol–water partition coefficient (Wildman–Crippen LogP) is 0.611. The molecule has 0 saturated heterocycles. The van der Waals surface area contributed by atoms with E-state index in [9.17, 15) is 10.0 Å². The van der Waals surface area contributed by atoms with E-state index in [1.165, 1.54) is 12.1 Å². The Morgan fingerprint density at radius 2 is 1.86 bits per heavy atom. The van der Waals surface area contributed by atoms with Crippen molar-refractivity contribution in [3.8, 4) is 11.4 Å². The number of rotatable bonds is 2. The maximum absolute atomic E-state index is 12.0. The summed E-state index contributed by atoms with van der Waals surface area (Å²) in [5, 5.41) is 15.9. The minimum absolute atomic E-state index is 0.177. The molecule has 2 aromatic carbocycles. The van der Waals surface area contributed by atoms with Gasteiger partial charge >= 0.3 is 0 Å². The predicted molar refractivity (Wildman–Crippen MR) is 76.9 cm³/mol. The molecule has 21 heavy (non-hydrogen) atoms. The van der Waals surface area contributed by atoms with Gasteiger partial charge in [0.05, 0.1) is 5.56 Å². The molecule has 0 saturated carbocycles. The van der Waals surface area contributed by atoms with Crippen LogP contribution < -0.4 is 16.3 Å². The van der Waals surface area contributed by atoms with E-state index in [-0.39, 0.29) is 22.4 Å². The van der Waals surface area contributed by atoms with Crippen LogP contribution in [0, 0.1) is 5.21 Å². The van der Waals surface area contributed by atoms with Crippen molar-refractivity contribution in [1.82, 2.24) is 10.1 Å². The second kappa shape index (κ2) is 4.71. The molecule has 0 aliphatic heterocycles. The molecular formula is C14H11N5O2. The number of carbonyl (C=O) groups is 1. The third-order valence-electron chi connectivity index (χ3n) is 3.06. The zero-order chi connectivity index (χ0) is 15.0. The lowest BCUT2D eigenvalue weighted by atomic mass is 10.1. The minimum atomic E-state index is -0.650. The van der Waals surface area contributed by atoms with Crippen LogP contribution in [0.5, 0.6) is 0 Å². The Bertz CT molecular complexity index is 846. The molecule has 3 rings (SSSR count). The van der Waals surface area contributed by atoms with Gasteiger partial charge < -0.3 is 16.7 Å². The van der Waals surface area contributed by atoms with Crippen molar-refractivity contribution in [3.05, 3.63) is 53.2 Å². The monoisotopic (exact) mass is 281 g/mol. The van der Waals surface area contributed by atoms with E-state index in [0.717, 1.165) is 0 Å². The topological polar surface area (TPSA) is 122 Å². The fourth-order valence-electron chi connectivity index (χ4n) is 2.02. The first-order chi connectivity index (χ1) is 10.1. The number of amides is 1. The molecule has 0 aliphatic rings. The molecule has 4 N–H and O–H groups in total. The summed E-state index contributed by atoms with van der Waals surface area (Å²) in [5.41, 5.74) is 12.7. The van der Waals surface area contributed by atoms with E-state index in [4.69, 9.17) is 11.5 Å². The highest BCUT2D eigenvalue weighted by Gasteiger charge is 2.17. The number of primary amides is 1. The quantitative estimate of drug-likeness (QED) is 0.405. The average Bonchev–Trinajstić information content (AvgIpc) is 2.47. The number of hydrogen-bond donors (Lipinski definition) is 2. The molecule has 0 spiro atoms. The molecule has 0 bridgehead atoms. The number of fused-ring (bicyclic) bond motifs is 1. The lowest BCUT2D eigenvalue weighted by Gasteiger charge is -2.05. The smallest absolute Gasteiger partial charge is 0.271 e. The van der Waals surface area contributed by atoms with Gasteiger partial charge in [-0.05, 0) is 35.2 Å². The van der Waals surface area contributed by atoms with Gasteiger partial charge in [0.2, 0.25) is 5.82 Å². The highest BCUT2D eigenvalue weighted by molar-refractivity contribution is 6.03. The van der Waals surface area contributed by atoms with Crippen molar-refractivity contribution in [2.45, 2.75) is 0 Å². The van der Waals surface area contributed by atoms with Gasteiger partial charge in [0.25, 0.3) is 11.4 Å². The standard InChI is InChI=1S/C14H11N5O2/c15-9-6-4-8(5-7-9)14-17-12-10(13(16)20)2-1-3-11(12)19(21)18-14/h1-7H,15H2,(H2,16,20). The Balaban J connectivity index is 2.28. The van der Waals surface area contributed by atoms with Gasteiger partial charge in [-0.15, -0.1) is 0 Å². The van der Waals surface area contributed by atoms with E-state index < -0.39 is 5.91 Å². The van der Waals surface area contributed by atoms with Gasteiger partial charge in [0.15, 0.2) is 5.52 Å². The first kappa shape index (κ1) is 12.8. The van der Waals surface area contributed by atoms with Crippen molar-refractivity contribution < 1.29 is 9.64 Å². The summed E-state index contributed by atoms with van der Waals surface area (Å²) in [6, 6.07) is 11.4. The van der Waals surface area contributed by atoms with Crippen LogP contribution in [-0.2, 0) is 0 Å². The summed E-state index contributed by atoms with van der Waals surface area (Å²) in [5.74, 6) is -0.450. The molecule has 1 heterocycles. The Hall–Kier alpha value is -3.22. The molecule has 7 heteroatoms. The molecular weight excluding hydrogens is 270 g/mol. The van der Waals surface area contributed by atoms with Crippen LogP contribution in [0.3, 0.4) is 0 Å². The van der Waals surface area contributed by atoms with Crippen LogP contribution in [0.15, 0.2) is 42.5 Å². The van der Waals surface area contributed by atoms with E-state index in [1.54, 1.807) is 30.3 Å². The first-order valence-electron chi connectivity index (χ1n) is 6.12. The van der Waals surface area contributed by atoms with Crippen LogP contribution in [0.1, 0.15) is 10.4 Å². The van der Waals surface area contributed by atoms with Gasteiger partial charge in [-0.25, -0.2) is 4.98 Å². The minimum Gasteiger partial charge on any atom is -0.594 e.